The minimum Gasteiger partial charge on any atom is -0.383 e. The number of methoxy groups -OCH3 is 1. The lowest BCUT2D eigenvalue weighted by Gasteiger charge is -2.39. The Hall–Kier alpha value is -1.13. The van der Waals surface area contributed by atoms with Gasteiger partial charge in [0.25, 0.3) is 0 Å². The van der Waals surface area contributed by atoms with Gasteiger partial charge in [-0.05, 0) is 37.3 Å². The first kappa shape index (κ1) is 16.2. The maximum atomic E-state index is 14.4. The summed E-state index contributed by atoms with van der Waals surface area (Å²) in [6.07, 6.45) is 2.26. The number of ether oxygens (including phenoxy) is 1. The number of hydrogen-bond acceptors (Lipinski definition) is 3. The summed E-state index contributed by atoms with van der Waals surface area (Å²) in [5, 5.41) is 3.31. The van der Waals surface area contributed by atoms with E-state index in [2.05, 4.69) is 24.1 Å². The van der Waals surface area contributed by atoms with Crippen molar-refractivity contribution in [3.8, 4) is 0 Å². The third kappa shape index (κ3) is 4.17. The molecule has 1 heterocycles. The molecule has 1 fully saturated rings. The van der Waals surface area contributed by atoms with Crippen molar-refractivity contribution >= 4 is 5.69 Å². The summed E-state index contributed by atoms with van der Waals surface area (Å²) in [7, 11) is 1.69. The molecule has 0 aliphatic carbocycles. The molecule has 1 N–H and O–H groups in total. The Morgan fingerprint density at radius 1 is 1.38 bits per heavy atom. The maximum Gasteiger partial charge on any atom is 0.146 e. The summed E-state index contributed by atoms with van der Waals surface area (Å²) < 4.78 is 19.4. The van der Waals surface area contributed by atoms with E-state index in [1.54, 1.807) is 19.2 Å². The van der Waals surface area contributed by atoms with Gasteiger partial charge in [0.1, 0.15) is 5.82 Å². The van der Waals surface area contributed by atoms with Gasteiger partial charge in [0.2, 0.25) is 0 Å². The van der Waals surface area contributed by atoms with Crippen molar-refractivity contribution in [1.82, 2.24) is 5.32 Å². The molecule has 2 rings (SSSR count). The van der Waals surface area contributed by atoms with E-state index in [1.807, 2.05) is 6.07 Å². The summed E-state index contributed by atoms with van der Waals surface area (Å²) in [5.41, 5.74) is 1.81. The van der Waals surface area contributed by atoms with Crippen molar-refractivity contribution in [3.05, 3.63) is 29.6 Å². The van der Waals surface area contributed by atoms with Gasteiger partial charge in [0.15, 0.2) is 0 Å². The molecule has 1 aromatic carbocycles. The zero-order valence-electron chi connectivity index (χ0n) is 13.4. The first-order valence-corrected chi connectivity index (χ1v) is 7.87. The number of nitrogens with one attached hydrogen (secondary N) is 1. The minimum atomic E-state index is -0.109. The summed E-state index contributed by atoms with van der Waals surface area (Å²) in [4.78, 5) is 2.24. The molecule has 1 aliphatic heterocycles. The summed E-state index contributed by atoms with van der Waals surface area (Å²) >= 11 is 0. The molecule has 118 valence electrons. The number of halogens is 1. The second-order valence-corrected chi connectivity index (χ2v) is 6.09. The van der Waals surface area contributed by atoms with Crippen LogP contribution in [0.15, 0.2) is 18.2 Å². The molecule has 1 aliphatic rings. The number of anilines is 1. The van der Waals surface area contributed by atoms with Crippen molar-refractivity contribution < 1.29 is 9.13 Å². The van der Waals surface area contributed by atoms with Crippen LogP contribution in [0.5, 0.6) is 0 Å². The Bertz CT molecular complexity index is 452. The third-order valence-electron chi connectivity index (χ3n) is 4.29. The highest BCUT2D eigenvalue weighted by molar-refractivity contribution is 5.56. The van der Waals surface area contributed by atoms with Crippen molar-refractivity contribution in [2.75, 3.05) is 31.7 Å². The van der Waals surface area contributed by atoms with Gasteiger partial charge in [-0.3, -0.25) is 0 Å². The van der Waals surface area contributed by atoms with Gasteiger partial charge in [-0.15, -0.1) is 0 Å². The van der Waals surface area contributed by atoms with E-state index < -0.39 is 0 Å². The summed E-state index contributed by atoms with van der Waals surface area (Å²) in [6.45, 7) is 7.54. The van der Waals surface area contributed by atoms with Crippen LogP contribution in [0, 0.1) is 11.7 Å². The fourth-order valence-corrected chi connectivity index (χ4v) is 3.16. The predicted molar refractivity (Wildman–Crippen MR) is 85.2 cm³/mol. The molecule has 0 amide bonds. The van der Waals surface area contributed by atoms with Crippen LogP contribution in [-0.4, -0.2) is 32.8 Å². The van der Waals surface area contributed by atoms with E-state index in [1.165, 1.54) is 0 Å². The fraction of sp³-hybridized carbons (Fsp3) is 0.647. The molecule has 0 bridgehead atoms. The molecule has 1 saturated heterocycles. The molecule has 0 spiro atoms. The SMILES string of the molecule is COCCNCc1cccc(F)c1N1CCC(C)CC1C. The Morgan fingerprint density at radius 3 is 2.90 bits per heavy atom. The van der Waals surface area contributed by atoms with E-state index in [-0.39, 0.29) is 5.82 Å². The first-order chi connectivity index (χ1) is 10.1. The first-order valence-electron chi connectivity index (χ1n) is 7.87. The summed E-state index contributed by atoms with van der Waals surface area (Å²) in [5.74, 6) is 0.619. The molecule has 2 unspecified atom stereocenters. The molecule has 1 aromatic rings. The van der Waals surface area contributed by atoms with Gasteiger partial charge in [-0.25, -0.2) is 4.39 Å². The normalized spacial score (nSPS) is 22.6. The van der Waals surface area contributed by atoms with E-state index in [9.17, 15) is 4.39 Å². The maximum absolute atomic E-state index is 14.4. The fourth-order valence-electron chi connectivity index (χ4n) is 3.16. The van der Waals surface area contributed by atoms with E-state index >= 15 is 0 Å². The number of hydrogen-bond donors (Lipinski definition) is 1. The molecule has 4 heteroatoms. The van der Waals surface area contributed by atoms with E-state index in [4.69, 9.17) is 4.74 Å². The highest BCUT2D eigenvalue weighted by Crippen LogP contribution is 2.32. The van der Waals surface area contributed by atoms with Crippen molar-refractivity contribution in [2.24, 2.45) is 5.92 Å². The largest absolute Gasteiger partial charge is 0.383 e. The average Bonchev–Trinajstić information content (AvgIpc) is 2.45. The number of nitrogens with zero attached hydrogens (tertiary/aromatic N) is 1. The number of para-hydroxylation sites is 1. The van der Waals surface area contributed by atoms with Crippen LogP contribution in [0.25, 0.3) is 0 Å². The zero-order valence-corrected chi connectivity index (χ0v) is 13.4. The van der Waals surface area contributed by atoms with Gasteiger partial charge < -0.3 is 15.0 Å². The molecule has 21 heavy (non-hydrogen) atoms. The van der Waals surface area contributed by atoms with E-state index in [0.717, 1.165) is 43.1 Å². The van der Waals surface area contributed by atoms with Crippen molar-refractivity contribution in [2.45, 2.75) is 39.3 Å². The molecule has 0 saturated carbocycles. The second kappa shape index (κ2) is 7.76. The molecular weight excluding hydrogens is 267 g/mol. The highest BCUT2D eigenvalue weighted by atomic mass is 19.1. The Kier molecular flexibility index (Phi) is 6.00. The number of piperidine rings is 1. The number of rotatable bonds is 6. The van der Waals surface area contributed by atoms with Gasteiger partial charge in [-0.1, -0.05) is 19.1 Å². The topological polar surface area (TPSA) is 24.5 Å². The van der Waals surface area contributed by atoms with Crippen LogP contribution >= 0.6 is 0 Å². The van der Waals surface area contributed by atoms with Crippen molar-refractivity contribution in [3.63, 3.8) is 0 Å². The van der Waals surface area contributed by atoms with Crippen molar-refractivity contribution in [1.29, 1.82) is 0 Å². The standard InChI is InChI=1S/C17H27FN2O/c1-13-7-9-20(14(2)11-13)17-15(5-4-6-16(17)18)12-19-8-10-21-3/h4-6,13-14,19H,7-12H2,1-3H3. The Labute approximate surface area is 127 Å². The molecular formula is C17H27FN2O. The Morgan fingerprint density at radius 2 is 2.19 bits per heavy atom. The van der Waals surface area contributed by atoms with Gasteiger partial charge in [0, 0.05) is 32.8 Å². The van der Waals surface area contributed by atoms with Crippen LogP contribution in [-0.2, 0) is 11.3 Å². The summed E-state index contributed by atoms with van der Waals surface area (Å²) in [6, 6.07) is 5.77. The lowest BCUT2D eigenvalue weighted by Crippen LogP contribution is -2.41. The quantitative estimate of drug-likeness (QED) is 0.816. The molecule has 0 aromatic heterocycles. The monoisotopic (exact) mass is 294 g/mol. The molecule has 0 radical (unpaired) electrons. The van der Waals surface area contributed by atoms with E-state index in [0.29, 0.717) is 19.2 Å². The molecule has 3 nitrogen and oxygen atoms in total. The average molecular weight is 294 g/mol. The van der Waals surface area contributed by atoms with Crippen LogP contribution < -0.4 is 10.2 Å². The lowest BCUT2D eigenvalue weighted by molar-refractivity contribution is 0.199. The van der Waals surface area contributed by atoms with Gasteiger partial charge in [-0.2, -0.15) is 0 Å². The smallest absolute Gasteiger partial charge is 0.146 e. The zero-order chi connectivity index (χ0) is 15.2. The van der Waals surface area contributed by atoms with Gasteiger partial charge in [0.05, 0.1) is 12.3 Å². The minimum absolute atomic E-state index is 0.109. The Balaban J connectivity index is 2.13. The van der Waals surface area contributed by atoms with Crippen LogP contribution in [0.1, 0.15) is 32.3 Å². The predicted octanol–water partition coefficient (Wildman–Crippen LogP) is 3.19. The lowest BCUT2D eigenvalue weighted by atomic mass is 9.92. The molecule has 2 atom stereocenters. The van der Waals surface area contributed by atoms with Crippen LogP contribution in [0.3, 0.4) is 0 Å². The number of benzene rings is 1. The van der Waals surface area contributed by atoms with Gasteiger partial charge >= 0.3 is 0 Å². The third-order valence-corrected chi connectivity index (χ3v) is 4.29. The van der Waals surface area contributed by atoms with Crippen LogP contribution in [0.4, 0.5) is 10.1 Å². The highest BCUT2D eigenvalue weighted by Gasteiger charge is 2.26. The second-order valence-electron chi connectivity index (χ2n) is 6.09. The van der Waals surface area contributed by atoms with Crippen LogP contribution in [0.2, 0.25) is 0 Å².